The van der Waals surface area contributed by atoms with Crippen LogP contribution < -0.4 is 5.11 Å². The number of carboxylic acids is 1. The predicted octanol–water partition coefficient (Wildman–Crippen LogP) is 21.0. The highest BCUT2D eigenvalue weighted by atomic mass is 16.7. The molecular formula is C82H127NO8. The van der Waals surface area contributed by atoms with Gasteiger partial charge in [0.2, 0.25) is 0 Å². The molecule has 0 aliphatic carbocycles. The Labute approximate surface area is 556 Å². The topological polar surface area (TPSA) is 111 Å². The molecule has 9 heteroatoms. The van der Waals surface area contributed by atoms with Crippen molar-refractivity contribution in [3.63, 3.8) is 0 Å². The lowest BCUT2D eigenvalue weighted by Gasteiger charge is -2.26. The van der Waals surface area contributed by atoms with Crippen molar-refractivity contribution in [1.82, 2.24) is 0 Å². The Morgan fingerprint density at radius 2 is 0.593 bits per heavy atom. The van der Waals surface area contributed by atoms with E-state index in [1.165, 1.54) is 32.1 Å². The highest BCUT2D eigenvalue weighted by Crippen LogP contribution is 2.14. The number of hydrogen-bond donors (Lipinski definition) is 0. The van der Waals surface area contributed by atoms with E-state index in [2.05, 4.69) is 220 Å². The van der Waals surface area contributed by atoms with Crippen LogP contribution in [0.4, 0.5) is 0 Å². The van der Waals surface area contributed by atoms with Crippen LogP contribution in [0.25, 0.3) is 0 Å². The second-order valence-corrected chi connectivity index (χ2v) is 23.7. The molecular weight excluding hydrogens is 1130 g/mol. The third kappa shape index (κ3) is 71.2. The zero-order valence-electron chi connectivity index (χ0n) is 57.9. The molecule has 0 radical (unpaired) electrons. The Hall–Kier alpha value is -6.13. The van der Waals surface area contributed by atoms with E-state index in [-0.39, 0.29) is 38.6 Å². The molecule has 0 bridgehead atoms. The van der Waals surface area contributed by atoms with Crippen LogP contribution in [0.3, 0.4) is 0 Å². The number of carbonyl (C=O) groups is 3. The van der Waals surface area contributed by atoms with Gasteiger partial charge in [0, 0.05) is 12.8 Å². The second kappa shape index (κ2) is 69.8. The van der Waals surface area contributed by atoms with E-state index in [1.54, 1.807) is 0 Å². The SMILES string of the molecule is CC/C=C\C/C=C\C/C=C\C/C=C\C/C=C\C/C=C\C/C=C\C/C=C\C/C=C\C/C=C\C/C=C\C/C=C\CCCCCCC(=O)OC(COC(=O)CCCCCCCCCCC/C=C\C/C=C\C/C=C\C/C=C\C/C=C\CC)COC(OCC[N+](C)(C)C)C(=O)[O-]. The van der Waals surface area contributed by atoms with Gasteiger partial charge in [-0.1, -0.05) is 278 Å². The van der Waals surface area contributed by atoms with Crippen molar-refractivity contribution in [1.29, 1.82) is 0 Å². The standard InChI is InChI=1S/C82H127NO8/c1-6-8-10-12-14-16-18-20-22-24-26-28-30-32-33-34-35-36-37-38-39-40-41-42-43-44-45-46-47-49-51-53-55-57-59-61-63-65-67-69-71-73-80(85)91-78(77-90-82(81(86)87)88-75-74-83(3,4)5)76-89-79(84)72-70-68-66-64-62-60-58-56-54-52-50-48-31-29-27-25-23-21-19-17-15-13-11-9-7-2/h8-11,14-17,20-23,26-29,32-33,35-36,38-39,41-42,44-45,47-50,53,55,59,61,78,82H,6-7,12-13,18-19,24-25,30-31,34,37,40,43,46,51-52,54,56-58,60,62-77H2,1-5H3/b10-8-,11-9-,16-14-,17-15-,22-20-,23-21-,28-26-,29-27-,33-32-,36-35-,39-38-,42-41-,45-44-,49-47-,50-48-,55-53-,61-59-. The summed E-state index contributed by atoms with van der Waals surface area (Å²) < 4.78 is 22.7. The van der Waals surface area contributed by atoms with E-state index < -0.39 is 24.3 Å². The third-order valence-corrected chi connectivity index (χ3v) is 14.0. The highest BCUT2D eigenvalue weighted by molar-refractivity contribution is 5.70. The number of aliphatic carboxylic acids is 1. The molecule has 0 fully saturated rings. The van der Waals surface area contributed by atoms with Gasteiger partial charge in [-0.15, -0.1) is 0 Å². The third-order valence-electron chi connectivity index (χ3n) is 14.0. The Morgan fingerprint density at radius 3 is 0.879 bits per heavy atom. The van der Waals surface area contributed by atoms with Crippen molar-refractivity contribution in [2.75, 3.05) is 47.5 Å². The minimum Gasteiger partial charge on any atom is -0.545 e. The molecule has 0 aliphatic heterocycles. The van der Waals surface area contributed by atoms with E-state index >= 15 is 0 Å². The Kier molecular flexibility index (Phi) is 65.1. The summed E-state index contributed by atoms with van der Waals surface area (Å²) in [5.41, 5.74) is 0. The molecule has 0 saturated heterocycles. The number of quaternary nitrogens is 1. The molecule has 0 aromatic heterocycles. The predicted molar refractivity (Wildman–Crippen MR) is 388 cm³/mol. The van der Waals surface area contributed by atoms with Gasteiger partial charge in [-0.3, -0.25) is 9.59 Å². The maximum Gasteiger partial charge on any atom is 0.306 e. The van der Waals surface area contributed by atoms with E-state index in [0.717, 1.165) is 167 Å². The van der Waals surface area contributed by atoms with Gasteiger partial charge in [0.1, 0.15) is 13.2 Å². The molecule has 0 saturated carbocycles. The molecule has 0 aliphatic rings. The van der Waals surface area contributed by atoms with Crippen molar-refractivity contribution in [2.24, 2.45) is 0 Å². The first-order chi connectivity index (χ1) is 44.6. The first-order valence-corrected chi connectivity index (χ1v) is 35.2. The molecule has 2 unspecified atom stereocenters. The van der Waals surface area contributed by atoms with E-state index in [0.29, 0.717) is 17.4 Å². The average Bonchev–Trinajstić information content (AvgIpc) is 3.53. The largest absolute Gasteiger partial charge is 0.545 e. The highest BCUT2D eigenvalue weighted by Gasteiger charge is 2.22. The minimum absolute atomic E-state index is 0.130. The van der Waals surface area contributed by atoms with Gasteiger partial charge in [-0.25, -0.2) is 0 Å². The molecule has 91 heavy (non-hydrogen) atoms. The molecule has 9 nitrogen and oxygen atoms in total. The summed E-state index contributed by atoms with van der Waals surface area (Å²) in [6, 6.07) is 0. The molecule has 2 atom stereocenters. The van der Waals surface area contributed by atoms with E-state index in [4.69, 9.17) is 18.9 Å². The normalized spacial score (nSPS) is 14.0. The van der Waals surface area contributed by atoms with Crippen LogP contribution in [0.1, 0.15) is 232 Å². The van der Waals surface area contributed by atoms with Gasteiger partial charge >= 0.3 is 11.9 Å². The molecule has 0 aromatic carbocycles. The van der Waals surface area contributed by atoms with Gasteiger partial charge in [0.05, 0.1) is 40.3 Å². The van der Waals surface area contributed by atoms with E-state index in [9.17, 15) is 19.5 Å². The molecule has 0 amide bonds. The molecule has 0 spiro atoms. The zero-order chi connectivity index (χ0) is 66.1. The molecule has 508 valence electrons. The van der Waals surface area contributed by atoms with Crippen LogP contribution in [0.2, 0.25) is 0 Å². The van der Waals surface area contributed by atoms with Gasteiger partial charge in [0.25, 0.3) is 0 Å². The fourth-order valence-electron chi connectivity index (χ4n) is 8.72. The number of carbonyl (C=O) groups excluding carboxylic acids is 3. The summed E-state index contributed by atoms with van der Waals surface area (Å²) >= 11 is 0. The monoisotopic (exact) mass is 1250 g/mol. The Bertz CT molecular complexity index is 2250. The van der Waals surface area contributed by atoms with Crippen LogP contribution in [0.5, 0.6) is 0 Å². The maximum atomic E-state index is 12.9. The summed E-state index contributed by atoms with van der Waals surface area (Å²) in [5, 5.41) is 11.8. The summed E-state index contributed by atoms with van der Waals surface area (Å²) in [5.74, 6) is -2.35. The second-order valence-electron chi connectivity index (χ2n) is 23.7. The van der Waals surface area contributed by atoms with Crippen molar-refractivity contribution in [3.05, 3.63) is 207 Å². The van der Waals surface area contributed by atoms with Gasteiger partial charge in [-0.05, 0) is 148 Å². The van der Waals surface area contributed by atoms with Crippen molar-refractivity contribution < 1.29 is 42.9 Å². The van der Waals surface area contributed by atoms with Gasteiger partial charge < -0.3 is 33.3 Å². The number of likely N-dealkylation sites (N-methyl/N-ethyl adjacent to an activating group) is 1. The molecule has 0 aromatic rings. The number of allylic oxidation sites excluding steroid dienone is 34. The van der Waals surface area contributed by atoms with Crippen LogP contribution in [0, 0.1) is 0 Å². The molecule has 0 N–H and O–H groups in total. The number of unbranched alkanes of at least 4 members (excludes halogenated alkanes) is 13. The van der Waals surface area contributed by atoms with Crippen molar-refractivity contribution in [3.8, 4) is 0 Å². The summed E-state index contributed by atoms with van der Waals surface area (Å²) in [6.07, 6.45) is 106. The average molecular weight is 1250 g/mol. The maximum absolute atomic E-state index is 12.9. The zero-order valence-corrected chi connectivity index (χ0v) is 57.9. The lowest BCUT2D eigenvalue weighted by molar-refractivity contribution is -0.870. The smallest absolute Gasteiger partial charge is 0.306 e. The molecule has 0 rings (SSSR count). The number of ether oxygens (including phenoxy) is 4. The fourth-order valence-corrected chi connectivity index (χ4v) is 8.72. The first-order valence-electron chi connectivity index (χ1n) is 35.2. The lowest BCUT2D eigenvalue weighted by Crippen LogP contribution is -2.44. The quantitative estimate of drug-likeness (QED) is 0.0195. The number of hydrogen-bond acceptors (Lipinski definition) is 8. The first kappa shape index (κ1) is 84.9. The van der Waals surface area contributed by atoms with E-state index in [1.807, 2.05) is 21.1 Å². The molecule has 0 heterocycles. The minimum atomic E-state index is -1.65. The summed E-state index contributed by atoms with van der Waals surface area (Å²) in [4.78, 5) is 37.5. The van der Waals surface area contributed by atoms with Gasteiger partial charge in [0.15, 0.2) is 12.4 Å². The van der Waals surface area contributed by atoms with Crippen molar-refractivity contribution in [2.45, 2.75) is 245 Å². The summed E-state index contributed by atoms with van der Waals surface area (Å²) in [6.45, 7) is 4.45. The fraction of sp³-hybridized carbons (Fsp3) is 0.549. The number of esters is 2. The lowest BCUT2D eigenvalue weighted by atomic mass is 10.1. The van der Waals surface area contributed by atoms with Crippen LogP contribution in [-0.2, 0) is 33.3 Å². The van der Waals surface area contributed by atoms with Crippen molar-refractivity contribution >= 4 is 17.9 Å². The summed E-state index contributed by atoms with van der Waals surface area (Å²) in [7, 11) is 5.90. The van der Waals surface area contributed by atoms with Gasteiger partial charge in [-0.2, -0.15) is 0 Å². The van der Waals surface area contributed by atoms with Crippen LogP contribution in [-0.4, -0.2) is 82.3 Å². The van der Waals surface area contributed by atoms with Crippen LogP contribution >= 0.6 is 0 Å². The Morgan fingerprint density at radius 1 is 0.330 bits per heavy atom. The number of rotatable bonds is 62. The number of carboxylic acid groups (broad SMARTS) is 1. The van der Waals surface area contributed by atoms with Crippen LogP contribution in [0.15, 0.2) is 207 Å². The Balaban J connectivity index is 4.27. The number of nitrogens with zero attached hydrogens (tertiary/aromatic N) is 1.